The van der Waals surface area contributed by atoms with Crippen molar-refractivity contribution in [3.63, 3.8) is 0 Å². The fourth-order valence-electron chi connectivity index (χ4n) is 2.70. The lowest BCUT2D eigenvalue weighted by Gasteiger charge is -2.17. The molecule has 1 amide bonds. The predicted octanol–water partition coefficient (Wildman–Crippen LogP) is 5.03. The first-order valence-corrected chi connectivity index (χ1v) is 9.05. The molecule has 0 aliphatic rings. The largest absolute Gasteiger partial charge is 0.351 e. The van der Waals surface area contributed by atoms with Crippen LogP contribution in [-0.2, 0) is 17.8 Å². The number of hydrogen-bond acceptors (Lipinski definition) is 2. The third kappa shape index (κ3) is 5.07. The maximum Gasteiger partial charge on any atom is 0.228 e. The summed E-state index contributed by atoms with van der Waals surface area (Å²) in [5, 5.41) is 4.33. The molecule has 0 radical (unpaired) electrons. The van der Waals surface area contributed by atoms with Crippen LogP contribution in [0.2, 0.25) is 10.0 Å². The van der Waals surface area contributed by atoms with E-state index in [1.54, 1.807) is 18.3 Å². The first-order valence-electron chi connectivity index (χ1n) is 8.29. The molecule has 26 heavy (non-hydrogen) atoms. The average Bonchev–Trinajstić information content (AvgIpc) is 2.67. The van der Waals surface area contributed by atoms with E-state index in [4.69, 9.17) is 23.2 Å². The van der Waals surface area contributed by atoms with Gasteiger partial charge >= 0.3 is 0 Å². The van der Waals surface area contributed by atoms with Crippen molar-refractivity contribution < 1.29 is 4.79 Å². The fraction of sp³-hybridized carbons (Fsp3) is 0.143. The summed E-state index contributed by atoms with van der Waals surface area (Å²) in [6.07, 6.45) is 2.26. The van der Waals surface area contributed by atoms with Crippen LogP contribution in [0.4, 0.5) is 0 Å². The number of aromatic nitrogens is 1. The van der Waals surface area contributed by atoms with Gasteiger partial charge in [0.05, 0.1) is 5.92 Å². The van der Waals surface area contributed by atoms with Crippen LogP contribution in [0.1, 0.15) is 22.7 Å². The third-order valence-corrected chi connectivity index (χ3v) is 4.61. The van der Waals surface area contributed by atoms with Crippen molar-refractivity contribution in [1.29, 1.82) is 0 Å². The quantitative estimate of drug-likeness (QED) is 0.647. The minimum Gasteiger partial charge on any atom is -0.351 e. The molecule has 0 bridgehead atoms. The normalized spacial score (nSPS) is 11.8. The van der Waals surface area contributed by atoms with Gasteiger partial charge in [-0.1, -0.05) is 53.5 Å². The van der Waals surface area contributed by atoms with E-state index in [2.05, 4.69) is 10.3 Å². The topological polar surface area (TPSA) is 42.0 Å². The van der Waals surface area contributed by atoms with Gasteiger partial charge in [-0.05, 0) is 47.5 Å². The third-order valence-electron chi connectivity index (χ3n) is 4.11. The zero-order chi connectivity index (χ0) is 18.4. The van der Waals surface area contributed by atoms with Crippen LogP contribution in [0, 0.1) is 0 Å². The second-order valence-electron chi connectivity index (χ2n) is 5.97. The molecular weight excluding hydrogens is 367 g/mol. The van der Waals surface area contributed by atoms with Crippen molar-refractivity contribution in [2.75, 3.05) is 0 Å². The molecule has 1 atom stereocenters. The van der Waals surface area contributed by atoms with Crippen molar-refractivity contribution in [2.24, 2.45) is 0 Å². The monoisotopic (exact) mass is 384 g/mol. The van der Waals surface area contributed by atoms with Crippen LogP contribution < -0.4 is 5.32 Å². The Hall–Kier alpha value is -2.36. The Bertz CT molecular complexity index is 849. The van der Waals surface area contributed by atoms with Gasteiger partial charge in [0.2, 0.25) is 5.91 Å². The highest BCUT2D eigenvalue weighted by Crippen LogP contribution is 2.23. The Morgan fingerprint density at radius 3 is 2.19 bits per heavy atom. The second-order valence-corrected chi connectivity index (χ2v) is 6.85. The summed E-state index contributed by atoms with van der Waals surface area (Å²) in [4.78, 5) is 17.2. The molecular formula is C21H18Cl2N2O. The van der Waals surface area contributed by atoms with Gasteiger partial charge in [0.25, 0.3) is 0 Å². The van der Waals surface area contributed by atoms with Crippen LogP contribution in [0.15, 0.2) is 72.9 Å². The van der Waals surface area contributed by atoms with E-state index >= 15 is 0 Å². The molecule has 5 heteroatoms. The van der Waals surface area contributed by atoms with Gasteiger partial charge < -0.3 is 5.32 Å². The van der Waals surface area contributed by atoms with Crippen LogP contribution in [0.25, 0.3) is 0 Å². The van der Waals surface area contributed by atoms with E-state index in [0.717, 1.165) is 16.8 Å². The van der Waals surface area contributed by atoms with Gasteiger partial charge in [0.15, 0.2) is 0 Å². The lowest BCUT2D eigenvalue weighted by molar-refractivity contribution is -0.122. The first kappa shape index (κ1) is 18.4. The first-order chi connectivity index (χ1) is 12.6. The Kier molecular flexibility index (Phi) is 6.26. The summed E-state index contributed by atoms with van der Waals surface area (Å²) in [6.45, 7) is 0.447. The van der Waals surface area contributed by atoms with Gasteiger partial charge in [-0.2, -0.15) is 0 Å². The van der Waals surface area contributed by atoms with Crippen molar-refractivity contribution in [3.8, 4) is 0 Å². The zero-order valence-corrected chi connectivity index (χ0v) is 15.5. The van der Waals surface area contributed by atoms with Gasteiger partial charge in [0.1, 0.15) is 0 Å². The second kappa shape index (κ2) is 8.84. The van der Waals surface area contributed by atoms with E-state index in [-0.39, 0.29) is 11.8 Å². The summed E-state index contributed by atoms with van der Waals surface area (Å²) in [5.41, 5.74) is 2.78. The maximum absolute atomic E-state index is 12.9. The Morgan fingerprint density at radius 2 is 1.58 bits per heavy atom. The number of pyridine rings is 1. The lowest BCUT2D eigenvalue weighted by Crippen LogP contribution is -2.30. The van der Waals surface area contributed by atoms with Crippen molar-refractivity contribution in [2.45, 2.75) is 18.9 Å². The number of hydrogen-bond donors (Lipinski definition) is 1. The number of carbonyl (C=O) groups excluding carboxylic acids is 1. The van der Waals surface area contributed by atoms with E-state index in [9.17, 15) is 4.79 Å². The molecule has 3 aromatic rings. The minimum absolute atomic E-state index is 0.0482. The molecule has 0 fully saturated rings. The summed E-state index contributed by atoms with van der Waals surface area (Å²) in [6, 6.07) is 20.5. The molecule has 3 rings (SSSR count). The minimum atomic E-state index is -0.338. The highest BCUT2D eigenvalue weighted by molar-refractivity contribution is 6.30. The van der Waals surface area contributed by atoms with Gasteiger partial charge in [-0.25, -0.2) is 0 Å². The van der Waals surface area contributed by atoms with Gasteiger partial charge in [0, 0.05) is 34.9 Å². The number of benzene rings is 2. The van der Waals surface area contributed by atoms with Crippen LogP contribution >= 0.6 is 23.2 Å². The maximum atomic E-state index is 12.9. The summed E-state index contributed by atoms with van der Waals surface area (Å²) < 4.78 is 0. The number of halogens is 2. The SMILES string of the molecule is O=C(NCc1ccc(Cl)cc1)C(Cc1ccccn1)c1ccc(Cl)cc1. The molecule has 0 aliphatic carbocycles. The number of carbonyl (C=O) groups is 1. The number of amides is 1. The molecule has 1 aromatic heterocycles. The zero-order valence-electron chi connectivity index (χ0n) is 14.0. The molecule has 3 nitrogen and oxygen atoms in total. The van der Waals surface area contributed by atoms with Crippen molar-refractivity contribution in [1.82, 2.24) is 10.3 Å². The van der Waals surface area contributed by atoms with Crippen molar-refractivity contribution in [3.05, 3.63) is 99.8 Å². The van der Waals surface area contributed by atoms with Gasteiger partial charge in [-0.3, -0.25) is 9.78 Å². The molecule has 1 heterocycles. The number of nitrogens with one attached hydrogen (secondary N) is 1. The Labute approximate surface area is 163 Å². The highest BCUT2D eigenvalue weighted by atomic mass is 35.5. The van der Waals surface area contributed by atoms with E-state index in [1.807, 2.05) is 54.6 Å². The number of nitrogens with zero attached hydrogens (tertiary/aromatic N) is 1. The van der Waals surface area contributed by atoms with Crippen LogP contribution in [0.3, 0.4) is 0 Å². The molecule has 0 saturated carbocycles. The Morgan fingerprint density at radius 1 is 0.923 bits per heavy atom. The molecule has 0 aliphatic heterocycles. The predicted molar refractivity (Wildman–Crippen MR) is 105 cm³/mol. The molecule has 1 unspecified atom stereocenters. The van der Waals surface area contributed by atoms with Crippen LogP contribution in [-0.4, -0.2) is 10.9 Å². The van der Waals surface area contributed by atoms with Crippen molar-refractivity contribution >= 4 is 29.1 Å². The van der Waals surface area contributed by atoms with E-state index in [0.29, 0.717) is 23.0 Å². The number of rotatable bonds is 6. The molecule has 0 saturated heterocycles. The summed E-state index contributed by atoms with van der Waals surface area (Å²) in [5.74, 6) is -0.387. The van der Waals surface area contributed by atoms with Crippen LogP contribution in [0.5, 0.6) is 0 Å². The summed E-state index contributed by atoms with van der Waals surface area (Å²) in [7, 11) is 0. The molecule has 0 spiro atoms. The van der Waals surface area contributed by atoms with E-state index < -0.39 is 0 Å². The Balaban J connectivity index is 1.76. The lowest BCUT2D eigenvalue weighted by atomic mass is 9.93. The molecule has 1 N–H and O–H groups in total. The highest BCUT2D eigenvalue weighted by Gasteiger charge is 2.21. The summed E-state index contributed by atoms with van der Waals surface area (Å²) >= 11 is 11.9. The van der Waals surface area contributed by atoms with Gasteiger partial charge in [-0.15, -0.1) is 0 Å². The molecule has 2 aromatic carbocycles. The smallest absolute Gasteiger partial charge is 0.228 e. The fourth-order valence-corrected chi connectivity index (χ4v) is 2.95. The average molecular weight is 385 g/mol. The standard InChI is InChI=1S/C21H18Cl2N2O/c22-17-8-4-15(5-9-17)14-25-21(26)20(13-19-3-1-2-12-24-19)16-6-10-18(23)11-7-16/h1-12,20H,13-14H2,(H,25,26). The molecule has 132 valence electrons. The van der Waals surface area contributed by atoms with E-state index in [1.165, 1.54) is 0 Å².